The zero-order valence-electron chi connectivity index (χ0n) is 16.1. The number of nitrogens with one attached hydrogen (secondary N) is 1. The lowest BCUT2D eigenvalue weighted by Crippen LogP contribution is -2.52. The number of nitro benzene ring substituents is 1. The first kappa shape index (κ1) is 22.3. The highest BCUT2D eigenvalue weighted by Crippen LogP contribution is 2.18. The molecule has 0 radical (unpaired) electrons. The zero-order valence-corrected chi connectivity index (χ0v) is 17.0. The monoisotopic (exact) mass is 422 g/mol. The maximum absolute atomic E-state index is 12.8. The molecule has 0 bridgehead atoms. The lowest BCUT2D eigenvalue weighted by atomic mass is 10.1. The first-order chi connectivity index (χ1) is 13.4. The second-order valence-electron chi connectivity index (χ2n) is 6.59. The normalized spacial score (nSPS) is 14.8. The van der Waals surface area contributed by atoms with Gasteiger partial charge in [0.2, 0.25) is 5.91 Å². The Hall–Kier alpha value is -2.98. The van der Waals surface area contributed by atoms with Gasteiger partial charge >= 0.3 is 0 Å². The summed E-state index contributed by atoms with van der Waals surface area (Å²) in [6, 6.07) is 5.07. The molecular weight excluding hydrogens is 400 g/mol. The Labute approximate surface area is 174 Å². The van der Waals surface area contributed by atoms with Crippen LogP contribution >= 0.6 is 12.4 Å². The summed E-state index contributed by atoms with van der Waals surface area (Å²) in [5.74, 6) is -0.252. The molecule has 29 heavy (non-hydrogen) atoms. The van der Waals surface area contributed by atoms with Crippen LogP contribution in [0.4, 0.5) is 5.69 Å². The van der Waals surface area contributed by atoms with Crippen molar-refractivity contribution in [1.29, 1.82) is 0 Å². The van der Waals surface area contributed by atoms with Crippen LogP contribution in [-0.2, 0) is 11.8 Å². The third-order valence-corrected chi connectivity index (χ3v) is 4.80. The second kappa shape index (κ2) is 9.48. The average Bonchev–Trinajstić information content (AvgIpc) is 3.14. The number of non-ortho nitro benzene ring substituents is 1. The fourth-order valence-corrected chi connectivity index (χ4v) is 3.24. The Morgan fingerprint density at radius 2 is 1.72 bits per heavy atom. The molecule has 1 fully saturated rings. The van der Waals surface area contributed by atoms with Crippen molar-refractivity contribution in [2.45, 2.75) is 6.04 Å². The summed E-state index contributed by atoms with van der Waals surface area (Å²) in [4.78, 5) is 39.1. The van der Waals surface area contributed by atoms with Gasteiger partial charge < -0.3 is 15.1 Å². The fraction of sp³-hybridized carbons (Fsp3) is 0.389. The number of hydrogen-bond acceptors (Lipinski definition) is 6. The summed E-state index contributed by atoms with van der Waals surface area (Å²) in [6.07, 6.45) is 3.46. The highest BCUT2D eigenvalue weighted by molar-refractivity contribution is 5.94. The number of aromatic nitrogens is 2. The van der Waals surface area contributed by atoms with Crippen LogP contribution in [-0.4, -0.2) is 69.5 Å². The number of benzene rings is 1. The van der Waals surface area contributed by atoms with Gasteiger partial charge in [-0.3, -0.25) is 24.4 Å². The van der Waals surface area contributed by atoms with Gasteiger partial charge in [-0.1, -0.05) is 0 Å². The Morgan fingerprint density at radius 1 is 1.14 bits per heavy atom. The standard InChI is InChI=1S/C18H22N6O4.ClH/c1-19-16(14-11-20-21(2)12-14)18(26)23-9-7-22(8-10-23)17(25)13-3-5-15(6-4-13)24(27)28;/h3-6,11-12,16,19H,7-10H2,1-2H3;1H. The molecule has 1 saturated heterocycles. The van der Waals surface area contributed by atoms with Crippen LogP contribution in [0.1, 0.15) is 22.0 Å². The number of hydrogen-bond donors (Lipinski definition) is 1. The van der Waals surface area contributed by atoms with E-state index in [9.17, 15) is 19.7 Å². The van der Waals surface area contributed by atoms with Crippen LogP contribution in [0.5, 0.6) is 0 Å². The fourth-order valence-electron chi connectivity index (χ4n) is 3.24. The molecule has 1 aromatic heterocycles. The number of nitro groups is 1. The third kappa shape index (κ3) is 4.90. The van der Waals surface area contributed by atoms with E-state index in [1.165, 1.54) is 24.3 Å². The molecule has 0 aliphatic carbocycles. The summed E-state index contributed by atoms with van der Waals surface area (Å²) >= 11 is 0. The van der Waals surface area contributed by atoms with Crippen molar-refractivity contribution in [3.05, 3.63) is 57.9 Å². The maximum atomic E-state index is 12.8. The Bertz CT molecular complexity index is 877. The molecule has 1 unspecified atom stereocenters. The molecule has 1 atom stereocenters. The number of halogens is 1. The number of carbonyl (C=O) groups excluding carboxylic acids is 2. The molecule has 1 aliphatic heterocycles. The average molecular weight is 423 g/mol. The van der Waals surface area contributed by atoms with Gasteiger partial charge in [0.1, 0.15) is 6.04 Å². The van der Waals surface area contributed by atoms with Crippen molar-refractivity contribution in [2.75, 3.05) is 33.2 Å². The molecule has 11 heteroatoms. The highest BCUT2D eigenvalue weighted by Gasteiger charge is 2.30. The summed E-state index contributed by atoms with van der Waals surface area (Å²) < 4.78 is 1.65. The summed E-state index contributed by atoms with van der Waals surface area (Å²) in [7, 11) is 3.52. The minimum absolute atomic E-state index is 0. The van der Waals surface area contributed by atoms with Crippen molar-refractivity contribution in [1.82, 2.24) is 24.9 Å². The lowest BCUT2D eigenvalue weighted by molar-refractivity contribution is -0.384. The van der Waals surface area contributed by atoms with E-state index in [4.69, 9.17) is 0 Å². The van der Waals surface area contributed by atoms with E-state index < -0.39 is 11.0 Å². The van der Waals surface area contributed by atoms with Gasteiger partial charge in [-0.15, -0.1) is 12.4 Å². The van der Waals surface area contributed by atoms with Crippen LogP contribution in [0.2, 0.25) is 0 Å². The molecular formula is C18H23ClN6O4. The van der Waals surface area contributed by atoms with Crippen LogP contribution < -0.4 is 5.32 Å². The van der Waals surface area contributed by atoms with E-state index >= 15 is 0 Å². The molecule has 2 amide bonds. The Balaban J connectivity index is 0.00000300. The predicted octanol–water partition coefficient (Wildman–Crippen LogP) is 0.995. The molecule has 2 aromatic rings. The minimum atomic E-state index is -0.501. The molecule has 156 valence electrons. The molecule has 10 nitrogen and oxygen atoms in total. The van der Waals surface area contributed by atoms with E-state index in [1.807, 2.05) is 0 Å². The second-order valence-corrected chi connectivity index (χ2v) is 6.59. The van der Waals surface area contributed by atoms with Crippen LogP contribution in [0.15, 0.2) is 36.7 Å². The van der Waals surface area contributed by atoms with E-state index in [-0.39, 0.29) is 29.9 Å². The van der Waals surface area contributed by atoms with E-state index in [1.54, 1.807) is 41.0 Å². The zero-order chi connectivity index (χ0) is 20.3. The molecule has 3 rings (SSSR count). The summed E-state index contributed by atoms with van der Waals surface area (Å²) in [5.41, 5.74) is 1.13. The smallest absolute Gasteiger partial charge is 0.269 e. The third-order valence-electron chi connectivity index (χ3n) is 4.80. The number of carbonyl (C=O) groups is 2. The van der Waals surface area contributed by atoms with Crippen LogP contribution in [0.25, 0.3) is 0 Å². The van der Waals surface area contributed by atoms with Gasteiger partial charge in [-0.2, -0.15) is 5.10 Å². The predicted molar refractivity (Wildman–Crippen MR) is 108 cm³/mol. The van der Waals surface area contributed by atoms with Gasteiger partial charge in [-0.25, -0.2) is 0 Å². The minimum Gasteiger partial charge on any atom is -0.337 e. The Morgan fingerprint density at radius 3 is 2.21 bits per heavy atom. The van der Waals surface area contributed by atoms with Crippen molar-refractivity contribution < 1.29 is 14.5 Å². The molecule has 1 aromatic carbocycles. The number of piperazine rings is 1. The lowest BCUT2D eigenvalue weighted by Gasteiger charge is -2.36. The quantitative estimate of drug-likeness (QED) is 0.568. The van der Waals surface area contributed by atoms with Crippen molar-refractivity contribution >= 4 is 29.9 Å². The van der Waals surface area contributed by atoms with Crippen LogP contribution in [0.3, 0.4) is 0 Å². The number of rotatable bonds is 5. The van der Waals surface area contributed by atoms with Gasteiger partial charge in [0, 0.05) is 62.7 Å². The van der Waals surface area contributed by atoms with Gasteiger partial charge in [0.15, 0.2) is 0 Å². The van der Waals surface area contributed by atoms with E-state index in [2.05, 4.69) is 10.4 Å². The molecule has 0 saturated carbocycles. The summed E-state index contributed by atoms with van der Waals surface area (Å²) in [6.45, 7) is 1.67. The van der Waals surface area contributed by atoms with Gasteiger partial charge in [-0.05, 0) is 19.2 Å². The topological polar surface area (TPSA) is 114 Å². The molecule has 0 spiro atoms. The SMILES string of the molecule is CNC(C(=O)N1CCN(C(=O)c2ccc([N+](=O)[O-])cc2)CC1)c1cnn(C)c1.Cl. The number of likely N-dealkylation sites (N-methyl/N-ethyl adjacent to an activating group) is 1. The number of aryl methyl sites for hydroxylation is 1. The van der Waals surface area contributed by atoms with Gasteiger partial charge in [0.05, 0.1) is 11.1 Å². The van der Waals surface area contributed by atoms with E-state index in [0.29, 0.717) is 31.7 Å². The summed E-state index contributed by atoms with van der Waals surface area (Å²) in [5, 5.41) is 17.9. The van der Waals surface area contributed by atoms with E-state index in [0.717, 1.165) is 5.56 Å². The molecule has 1 N–H and O–H groups in total. The number of amides is 2. The van der Waals surface area contributed by atoms with Crippen molar-refractivity contribution in [3.63, 3.8) is 0 Å². The Kier molecular flexibility index (Phi) is 7.29. The largest absolute Gasteiger partial charge is 0.337 e. The first-order valence-corrected chi connectivity index (χ1v) is 8.89. The number of nitrogens with zero attached hydrogens (tertiary/aromatic N) is 5. The molecule has 2 heterocycles. The molecule has 1 aliphatic rings. The highest BCUT2D eigenvalue weighted by atomic mass is 35.5. The van der Waals surface area contributed by atoms with Crippen molar-refractivity contribution in [3.8, 4) is 0 Å². The maximum Gasteiger partial charge on any atom is 0.269 e. The van der Waals surface area contributed by atoms with Crippen LogP contribution in [0, 0.1) is 10.1 Å². The van der Waals surface area contributed by atoms with Gasteiger partial charge in [0.25, 0.3) is 11.6 Å². The van der Waals surface area contributed by atoms with Crippen molar-refractivity contribution in [2.24, 2.45) is 7.05 Å². The first-order valence-electron chi connectivity index (χ1n) is 8.89.